The number of para-hydroxylation sites is 1. The Morgan fingerprint density at radius 2 is 2.00 bits per heavy atom. The average molecular weight is 193 g/mol. The molecule has 0 fully saturated rings. The van der Waals surface area contributed by atoms with Crippen LogP contribution in [0.4, 0.5) is 5.69 Å². The molecule has 15 heavy (non-hydrogen) atoms. The molecule has 0 saturated heterocycles. The summed E-state index contributed by atoms with van der Waals surface area (Å²) in [5.41, 5.74) is 7.03. The summed E-state index contributed by atoms with van der Waals surface area (Å²) in [5, 5.41) is 0. The van der Waals surface area contributed by atoms with Crippen LogP contribution in [-0.4, -0.2) is 0 Å². The minimum atomic E-state index is 0.992. The highest BCUT2D eigenvalue weighted by molar-refractivity contribution is 5.64. The van der Waals surface area contributed by atoms with Gasteiger partial charge in [0.05, 0.1) is 11.9 Å². The number of rotatable bonds is 1. The van der Waals surface area contributed by atoms with Gasteiger partial charge in [0.25, 0.3) is 0 Å². The fraction of sp³-hybridized carbons (Fsp3) is 0.0714. The second-order valence-corrected chi connectivity index (χ2v) is 3.64. The maximum Gasteiger partial charge on any atom is 0.0574 e. The molecule has 2 aliphatic rings. The molecule has 1 heterocycles. The lowest BCUT2D eigenvalue weighted by molar-refractivity contribution is 1.13. The van der Waals surface area contributed by atoms with Crippen molar-refractivity contribution in [2.75, 3.05) is 4.90 Å². The van der Waals surface area contributed by atoms with Crippen molar-refractivity contribution < 1.29 is 0 Å². The van der Waals surface area contributed by atoms with E-state index in [2.05, 4.69) is 53.1 Å². The molecule has 1 aliphatic carbocycles. The second kappa shape index (κ2) is 3.30. The Morgan fingerprint density at radius 3 is 2.87 bits per heavy atom. The van der Waals surface area contributed by atoms with E-state index >= 15 is 0 Å². The van der Waals surface area contributed by atoms with Crippen LogP contribution in [0.2, 0.25) is 0 Å². The molecule has 3 rings (SSSR count). The Morgan fingerprint density at radius 1 is 1.13 bits per heavy atom. The molecule has 0 amide bonds. The van der Waals surface area contributed by atoms with Crippen molar-refractivity contribution in [3.05, 3.63) is 71.8 Å². The highest BCUT2D eigenvalue weighted by Crippen LogP contribution is 2.31. The second-order valence-electron chi connectivity index (χ2n) is 3.64. The predicted octanol–water partition coefficient (Wildman–Crippen LogP) is 3.39. The van der Waals surface area contributed by atoms with Crippen LogP contribution in [0, 0.1) is 0 Å². The number of benzene rings is 1. The van der Waals surface area contributed by atoms with Gasteiger partial charge < -0.3 is 4.90 Å². The highest BCUT2D eigenvalue weighted by atomic mass is 15.1. The molecular formula is C14H11N. The van der Waals surface area contributed by atoms with E-state index in [0.717, 1.165) is 6.42 Å². The minimum Gasteiger partial charge on any atom is -0.309 e. The standard InChI is InChI=1S/C14H11N/c1-2-7-13(8-3-1)15-11-10-12-6-4-5-9-14(12)15/h1-5,7-9,11H,6H2. The zero-order valence-corrected chi connectivity index (χ0v) is 8.35. The van der Waals surface area contributed by atoms with Crippen LogP contribution in [0.3, 0.4) is 0 Å². The lowest BCUT2D eigenvalue weighted by atomic mass is 10.1. The molecule has 0 bridgehead atoms. The first kappa shape index (κ1) is 8.34. The molecule has 1 heteroatoms. The van der Waals surface area contributed by atoms with Crippen molar-refractivity contribution in [2.24, 2.45) is 0 Å². The zero-order chi connectivity index (χ0) is 10.1. The van der Waals surface area contributed by atoms with Crippen LogP contribution in [-0.2, 0) is 0 Å². The van der Waals surface area contributed by atoms with Crippen molar-refractivity contribution >= 4 is 5.69 Å². The molecule has 0 unspecified atom stereocenters. The first-order valence-electron chi connectivity index (χ1n) is 5.12. The molecule has 0 spiro atoms. The van der Waals surface area contributed by atoms with Gasteiger partial charge >= 0.3 is 0 Å². The average Bonchev–Trinajstić information content (AvgIpc) is 2.74. The number of allylic oxidation sites excluding steroid dienone is 4. The first-order chi connectivity index (χ1) is 7.45. The van der Waals surface area contributed by atoms with Crippen molar-refractivity contribution in [2.45, 2.75) is 6.42 Å². The van der Waals surface area contributed by atoms with E-state index in [1.165, 1.54) is 17.0 Å². The van der Waals surface area contributed by atoms with Crippen molar-refractivity contribution in [3.63, 3.8) is 0 Å². The van der Waals surface area contributed by atoms with E-state index < -0.39 is 0 Å². The van der Waals surface area contributed by atoms with Crippen LogP contribution in [0.25, 0.3) is 0 Å². The van der Waals surface area contributed by atoms with Gasteiger partial charge in [-0.25, -0.2) is 0 Å². The Labute approximate surface area is 89.3 Å². The largest absolute Gasteiger partial charge is 0.309 e. The van der Waals surface area contributed by atoms with E-state index in [1.54, 1.807) is 0 Å². The van der Waals surface area contributed by atoms with Gasteiger partial charge in [-0.3, -0.25) is 0 Å². The molecule has 1 aromatic carbocycles. The SMILES string of the molecule is C1=CN(c2ccccc2)C2=CC=CCC=12. The number of fused-ring (bicyclic) bond motifs is 1. The van der Waals surface area contributed by atoms with Crippen LogP contribution in [0.5, 0.6) is 0 Å². The molecular weight excluding hydrogens is 182 g/mol. The van der Waals surface area contributed by atoms with E-state index in [0.29, 0.717) is 0 Å². The van der Waals surface area contributed by atoms with E-state index in [9.17, 15) is 0 Å². The maximum absolute atomic E-state index is 3.31. The van der Waals surface area contributed by atoms with E-state index in [1.807, 2.05) is 12.3 Å². The quantitative estimate of drug-likeness (QED) is 0.618. The molecule has 1 aromatic rings. The third kappa shape index (κ3) is 1.34. The van der Waals surface area contributed by atoms with Gasteiger partial charge in [0, 0.05) is 17.7 Å². The van der Waals surface area contributed by atoms with Crippen molar-refractivity contribution in [1.82, 2.24) is 0 Å². The molecule has 0 saturated carbocycles. The third-order valence-electron chi connectivity index (χ3n) is 2.68. The Kier molecular flexibility index (Phi) is 1.84. The first-order valence-corrected chi connectivity index (χ1v) is 5.12. The van der Waals surface area contributed by atoms with Gasteiger partial charge in [0.2, 0.25) is 0 Å². The van der Waals surface area contributed by atoms with E-state index in [4.69, 9.17) is 0 Å². The number of hydrogen-bond donors (Lipinski definition) is 0. The van der Waals surface area contributed by atoms with Gasteiger partial charge in [-0.1, -0.05) is 36.1 Å². The Bertz CT molecular complexity index is 499. The van der Waals surface area contributed by atoms with Crippen LogP contribution >= 0.6 is 0 Å². The van der Waals surface area contributed by atoms with Gasteiger partial charge in [0.1, 0.15) is 0 Å². The molecule has 0 radical (unpaired) electrons. The monoisotopic (exact) mass is 193 g/mol. The lowest BCUT2D eigenvalue weighted by Gasteiger charge is -2.20. The van der Waals surface area contributed by atoms with Gasteiger partial charge in [-0.2, -0.15) is 0 Å². The molecule has 1 aliphatic heterocycles. The normalized spacial score (nSPS) is 17.5. The smallest absolute Gasteiger partial charge is 0.0574 e. The van der Waals surface area contributed by atoms with Crippen LogP contribution in [0.1, 0.15) is 6.42 Å². The fourth-order valence-electron chi connectivity index (χ4n) is 1.92. The summed E-state index contributed by atoms with van der Waals surface area (Å²) in [4.78, 5) is 2.18. The summed E-state index contributed by atoms with van der Waals surface area (Å²) in [6.45, 7) is 0. The van der Waals surface area contributed by atoms with Crippen molar-refractivity contribution in [1.29, 1.82) is 0 Å². The third-order valence-corrected chi connectivity index (χ3v) is 2.68. The number of anilines is 1. The van der Waals surface area contributed by atoms with Crippen LogP contribution < -0.4 is 4.90 Å². The van der Waals surface area contributed by atoms with Gasteiger partial charge in [-0.15, -0.1) is 0 Å². The number of hydrogen-bond acceptors (Lipinski definition) is 1. The zero-order valence-electron chi connectivity index (χ0n) is 8.35. The Hall–Kier alpha value is -1.98. The molecule has 1 nitrogen and oxygen atoms in total. The topological polar surface area (TPSA) is 3.24 Å². The maximum atomic E-state index is 3.31. The Balaban J connectivity index is 2.02. The molecule has 72 valence electrons. The summed E-state index contributed by atoms with van der Waals surface area (Å²) in [7, 11) is 0. The number of nitrogens with zero attached hydrogens (tertiary/aromatic N) is 1. The lowest BCUT2D eigenvalue weighted by Crippen LogP contribution is -2.13. The predicted molar refractivity (Wildman–Crippen MR) is 62.4 cm³/mol. The summed E-state index contributed by atoms with van der Waals surface area (Å²) >= 11 is 0. The van der Waals surface area contributed by atoms with Gasteiger partial charge in [-0.05, 0) is 18.2 Å². The fourth-order valence-corrected chi connectivity index (χ4v) is 1.92. The van der Waals surface area contributed by atoms with Crippen molar-refractivity contribution in [3.8, 4) is 0 Å². The summed E-state index contributed by atoms with van der Waals surface area (Å²) < 4.78 is 0. The summed E-state index contributed by atoms with van der Waals surface area (Å²) in [6.07, 6.45) is 9.42. The molecule has 0 N–H and O–H groups in total. The van der Waals surface area contributed by atoms with E-state index in [-0.39, 0.29) is 0 Å². The van der Waals surface area contributed by atoms with Crippen LogP contribution in [0.15, 0.2) is 71.8 Å². The summed E-state index contributed by atoms with van der Waals surface area (Å²) in [6, 6.07) is 10.4. The minimum absolute atomic E-state index is 0.992. The molecule has 0 aromatic heterocycles. The molecule has 0 atom stereocenters. The highest BCUT2D eigenvalue weighted by Gasteiger charge is 2.18. The summed E-state index contributed by atoms with van der Waals surface area (Å²) in [5.74, 6) is 0. The van der Waals surface area contributed by atoms with Gasteiger partial charge in [0.15, 0.2) is 0 Å².